The van der Waals surface area contributed by atoms with Crippen LogP contribution in [0.1, 0.15) is 53.3 Å². The van der Waals surface area contributed by atoms with Gasteiger partial charge in [0.25, 0.3) is 11.8 Å². The Balaban J connectivity index is 1.85. The third-order valence-electron chi connectivity index (χ3n) is 4.77. The number of carbonyl (C=O) groups is 2. The van der Waals surface area contributed by atoms with E-state index in [0.717, 1.165) is 38.0 Å². The van der Waals surface area contributed by atoms with Crippen LogP contribution in [0.5, 0.6) is 0 Å². The summed E-state index contributed by atoms with van der Waals surface area (Å²) in [4.78, 5) is 27.4. The van der Waals surface area contributed by atoms with Gasteiger partial charge in [-0.15, -0.1) is 0 Å². The van der Waals surface area contributed by atoms with E-state index >= 15 is 0 Å². The highest BCUT2D eigenvalue weighted by Gasteiger charge is 2.19. The molecule has 1 fully saturated rings. The second-order valence-corrected chi connectivity index (χ2v) is 6.86. The van der Waals surface area contributed by atoms with Gasteiger partial charge in [0, 0.05) is 36.6 Å². The van der Waals surface area contributed by atoms with Crippen molar-refractivity contribution in [3.63, 3.8) is 0 Å². The van der Waals surface area contributed by atoms with E-state index in [0.29, 0.717) is 23.4 Å². The minimum atomic E-state index is -0.179. The van der Waals surface area contributed by atoms with Crippen molar-refractivity contribution >= 4 is 23.2 Å². The van der Waals surface area contributed by atoms with Crippen molar-refractivity contribution in [3.05, 3.63) is 59.7 Å². The van der Waals surface area contributed by atoms with E-state index in [1.54, 1.807) is 18.2 Å². The molecule has 27 heavy (non-hydrogen) atoms. The molecule has 2 aromatic rings. The molecule has 1 aliphatic heterocycles. The van der Waals surface area contributed by atoms with Crippen LogP contribution in [0.4, 0.5) is 11.4 Å². The summed E-state index contributed by atoms with van der Waals surface area (Å²) in [6.45, 7) is 4.59. The van der Waals surface area contributed by atoms with Crippen molar-refractivity contribution in [2.75, 3.05) is 29.9 Å². The lowest BCUT2D eigenvalue weighted by Gasteiger charge is -2.30. The maximum Gasteiger partial charge on any atom is 0.255 e. The van der Waals surface area contributed by atoms with Gasteiger partial charge in [0.15, 0.2) is 0 Å². The molecule has 142 valence electrons. The fourth-order valence-electron chi connectivity index (χ4n) is 3.33. The Morgan fingerprint density at radius 1 is 0.963 bits per heavy atom. The Labute approximate surface area is 160 Å². The topological polar surface area (TPSA) is 61.4 Å². The van der Waals surface area contributed by atoms with Crippen LogP contribution < -0.4 is 15.5 Å². The van der Waals surface area contributed by atoms with Crippen LogP contribution in [-0.2, 0) is 0 Å². The van der Waals surface area contributed by atoms with Crippen molar-refractivity contribution in [1.29, 1.82) is 0 Å². The Morgan fingerprint density at radius 3 is 2.41 bits per heavy atom. The lowest BCUT2D eigenvalue weighted by molar-refractivity contribution is 0.0952. The van der Waals surface area contributed by atoms with Gasteiger partial charge >= 0.3 is 0 Å². The molecule has 0 saturated carbocycles. The van der Waals surface area contributed by atoms with E-state index in [-0.39, 0.29) is 11.8 Å². The average molecular weight is 365 g/mol. The van der Waals surface area contributed by atoms with Gasteiger partial charge in [-0.3, -0.25) is 9.59 Å². The molecule has 0 radical (unpaired) electrons. The Bertz CT molecular complexity index is 783. The van der Waals surface area contributed by atoms with Gasteiger partial charge in [0.1, 0.15) is 0 Å². The zero-order valence-electron chi connectivity index (χ0n) is 15.8. The summed E-state index contributed by atoms with van der Waals surface area (Å²) >= 11 is 0. The number of nitrogens with one attached hydrogen (secondary N) is 2. The lowest BCUT2D eigenvalue weighted by Crippen LogP contribution is -2.33. The average Bonchev–Trinajstić information content (AvgIpc) is 2.73. The molecule has 0 bridgehead atoms. The maximum atomic E-state index is 12.7. The van der Waals surface area contributed by atoms with Crippen molar-refractivity contribution < 1.29 is 9.59 Å². The number of hydrogen-bond donors (Lipinski definition) is 2. The zero-order valence-corrected chi connectivity index (χ0v) is 15.8. The Hall–Kier alpha value is -2.82. The predicted molar refractivity (Wildman–Crippen MR) is 110 cm³/mol. The zero-order chi connectivity index (χ0) is 19.1. The molecule has 2 amide bonds. The number of piperidine rings is 1. The number of anilines is 2. The minimum absolute atomic E-state index is 0.0896. The number of amides is 2. The monoisotopic (exact) mass is 365 g/mol. The number of rotatable bonds is 6. The van der Waals surface area contributed by atoms with Gasteiger partial charge in [0.2, 0.25) is 0 Å². The molecule has 1 saturated heterocycles. The molecule has 0 aromatic heterocycles. The molecule has 5 heteroatoms. The number of nitrogens with zero attached hydrogens (tertiary/aromatic N) is 1. The molecule has 0 aliphatic carbocycles. The minimum Gasteiger partial charge on any atom is -0.371 e. The summed E-state index contributed by atoms with van der Waals surface area (Å²) in [6.07, 6.45) is 4.40. The molecular weight excluding hydrogens is 338 g/mol. The van der Waals surface area contributed by atoms with Gasteiger partial charge in [-0.25, -0.2) is 0 Å². The summed E-state index contributed by atoms with van der Waals surface area (Å²) in [6, 6.07) is 14.7. The second kappa shape index (κ2) is 9.21. The normalized spacial score (nSPS) is 13.9. The van der Waals surface area contributed by atoms with Crippen molar-refractivity contribution in [2.45, 2.75) is 32.6 Å². The summed E-state index contributed by atoms with van der Waals surface area (Å²) in [5, 5.41) is 5.86. The summed E-state index contributed by atoms with van der Waals surface area (Å²) in [5.41, 5.74) is 2.79. The van der Waals surface area contributed by atoms with E-state index < -0.39 is 0 Å². The predicted octanol–water partition coefficient (Wildman–Crippen LogP) is 4.07. The third kappa shape index (κ3) is 4.88. The first-order valence-corrected chi connectivity index (χ1v) is 9.72. The van der Waals surface area contributed by atoms with E-state index in [1.165, 1.54) is 6.42 Å². The van der Waals surface area contributed by atoms with E-state index in [1.807, 2.05) is 37.3 Å². The Kier molecular flexibility index (Phi) is 6.47. The molecular formula is C22H27N3O2. The molecule has 5 nitrogen and oxygen atoms in total. The van der Waals surface area contributed by atoms with Crippen LogP contribution in [0, 0.1) is 0 Å². The third-order valence-corrected chi connectivity index (χ3v) is 4.77. The summed E-state index contributed by atoms with van der Waals surface area (Å²) in [7, 11) is 0. The molecule has 1 heterocycles. The van der Waals surface area contributed by atoms with Crippen LogP contribution in [0.3, 0.4) is 0 Å². The molecule has 0 atom stereocenters. The second-order valence-electron chi connectivity index (χ2n) is 6.86. The van der Waals surface area contributed by atoms with E-state index in [9.17, 15) is 9.59 Å². The summed E-state index contributed by atoms with van der Waals surface area (Å²) < 4.78 is 0. The Morgan fingerprint density at radius 2 is 1.70 bits per heavy atom. The quantitative estimate of drug-likeness (QED) is 0.811. The van der Waals surface area contributed by atoms with Crippen molar-refractivity contribution in [1.82, 2.24) is 5.32 Å². The first-order valence-electron chi connectivity index (χ1n) is 9.72. The van der Waals surface area contributed by atoms with Crippen LogP contribution in [0.2, 0.25) is 0 Å². The lowest BCUT2D eigenvalue weighted by atomic mass is 10.1. The molecule has 0 spiro atoms. The van der Waals surface area contributed by atoms with E-state index in [2.05, 4.69) is 15.5 Å². The van der Waals surface area contributed by atoms with Crippen LogP contribution in [0.15, 0.2) is 48.5 Å². The van der Waals surface area contributed by atoms with Crippen molar-refractivity contribution in [2.24, 2.45) is 0 Å². The van der Waals surface area contributed by atoms with Gasteiger partial charge < -0.3 is 15.5 Å². The van der Waals surface area contributed by atoms with Crippen LogP contribution in [0.25, 0.3) is 0 Å². The first-order chi connectivity index (χ1) is 13.2. The molecule has 3 rings (SSSR count). The van der Waals surface area contributed by atoms with Gasteiger partial charge in [-0.05, 0) is 56.0 Å². The molecule has 1 aliphatic rings. The highest BCUT2D eigenvalue weighted by Crippen LogP contribution is 2.27. The standard InChI is InChI=1S/C22H27N3O2/c1-2-13-23-22(27)19-16-18(24-21(26)17-9-5-3-6-10-17)11-12-20(19)25-14-7-4-8-15-25/h3,5-6,9-12,16H,2,4,7-8,13-15H2,1H3,(H,23,27)(H,24,26). The molecule has 2 N–H and O–H groups in total. The van der Waals surface area contributed by atoms with Gasteiger partial charge in [-0.1, -0.05) is 25.1 Å². The summed E-state index contributed by atoms with van der Waals surface area (Å²) in [5.74, 6) is -0.269. The SMILES string of the molecule is CCCNC(=O)c1cc(NC(=O)c2ccccc2)ccc1N1CCCCC1. The highest BCUT2D eigenvalue weighted by molar-refractivity contribution is 6.06. The van der Waals surface area contributed by atoms with Crippen LogP contribution in [-0.4, -0.2) is 31.4 Å². The first kappa shape index (κ1) is 19.0. The maximum absolute atomic E-state index is 12.7. The van der Waals surface area contributed by atoms with Gasteiger partial charge in [0.05, 0.1) is 5.56 Å². The number of benzene rings is 2. The molecule has 2 aromatic carbocycles. The van der Waals surface area contributed by atoms with Crippen molar-refractivity contribution in [3.8, 4) is 0 Å². The fourth-order valence-corrected chi connectivity index (χ4v) is 3.33. The number of carbonyl (C=O) groups excluding carboxylic acids is 2. The van der Waals surface area contributed by atoms with Crippen LogP contribution >= 0.6 is 0 Å². The van der Waals surface area contributed by atoms with Gasteiger partial charge in [-0.2, -0.15) is 0 Å². The highest BCUT2D eigenvalue weighted by atomic mass is 16.2. The largest absolute Gasteiger partial charge is 0.371 e. The fraction of sp³-hybridized carbons (Fsp3) is 0.364. The van der Waals surface area contributed by atoms with E-state index in [4.69, 9.17) is 0 Å². The number of hydrogen-bond acceptors (Lipinski definition) is 3. The smallest absolute Gasteiger partial charge is 0.255 e. The molecule has 0 unspecified atom stereocenters.